The molecule has 0 aliphatic heterocycles. The van der Waals surface area contributed by atoms with E-state index in [2.05, 4.69) is 15.3 Å². The lowest BCUT2D eigenvalue weighted by atomic mass is 10.00. The number of nitrogens with zero attached hydrogens (tertiary/aromatic N) is 4. The van der Waals surface area contributed by atoms with E-state index < -0.39 is 19.2 Å². The molecule has 0 aliphatic rings. The smallest absolute Gasteiger partial charge is 0.392 e. The molecule has 0 N–H and O–H groups in total. The third kappa shape index (κ3) is 4.34. The van der Waals surface area contributed by atoms with Crippen molar-refractivity contribution in [1.29, 1.82) is 0 Å². The molecule has 0 amide bonds. The largest absolute Gasteiger partial charge is 0.462 e. The molecule has 5 nitrogen and oxygen atoms in total. The predicted octanol–water partition coefficient (Wildman–Crippen LogP) is 6.10. The Labute approximate surface area is 179 Å². The Bertz CT molecular complexity index is 1190. The van der Waals surface area contributed by atoms with Crippen LogP contribution in [0.3, 0.4) is 0 Å². The van der Waals surface area contributed by atoms with Gasteiger partial charge in [0.25, 0.3) is 0 Å². The standard InChI is InChI=1S/C20H13Cl2F3N4O/c21-13-7-5-12(6-8-13)15-11-17-26-27-19(30-10-9-20(23,24)25)29(17)28-18(15)14-3-1-2-4-16(14)22/h1-8,11H,9-10H2. The van der Waals surface area contributed by atoms with Crippen molar-refractivity contribution in [3.05, 3.63) is 64.6 Å². The molecule has 4 aromatic rings. The van der Waals surface area contributed by atoms with E-state index in [1.165, 1.54) is 4.52 Å². The number of hydrogen-bond acceptors (Lipinski definition) is 4. The number of hydrogen-bond donors (Lipinski definition) is 0. The molecular formula is C20H13Cl2F3N4O. The number of alkyl halides is 3. The molecule has 2 heterocycles. The summed E-state index contributed by atoms with van der Waals surface area (Å²) in [6.07, 6.45) is -5.44. The lowest BCUT2D eigenvalue weighted by Crippen LogP contribution is -2.14. The van der Waals surface area contributed by atoms with Crippen LogP contribution in [0.15, 0.2) is 54.6 Å². The van der Waals surface area contributed by atoms with Crippen molar-refractivity contribution in [2.24, 2.45) is 0 Å². The van der Waals surface area contributed by atoms with Crippen LogP contribution in [-0.4, -0.2) is 32.6 Å². The fourth-order valence-corrected chi connectivity index (χ4v) is 3.21. The summed E-state index contributed by atoms with van der Waals surface area (Å²) in [6, 6.07) is 15.8. The van der Waals surface area contributed by atoms with E-state index in [9.17, 15) is 13.2 Å². The number of aromatic nitrogens is 4. The summed E-state index contributed by atoms with van der Waals surface area (Å²) < 4.78 is 43.7. The zero-order chi connectivity index (χ0) is 21.3. The summed E-state index contributed by atoms with van der Waals surface area (Å²) in [6.45, 7) is -0.591. The van der Waals surface area contributed by atoms with Gasteiger partial charge in [-0.15, -0.1) is 5.10 Å². The van der Waals surface area contributed by atoms with Crippen LogP contribution in [0.2, 0.25) is 10.0 Å². The molecule has 0 saturated heterocycles. The average molecular weight is 453 g/mol. The molecule has 0 saturated carbocycles. The maximum atomic E-state index is 12.4. The SMILES string of the molecule is FC(F)(F)CCOc1nnc2cc(-c3ccc(Cl)cc3)c(-c3ccccc3Cl)nn12. The van der Waals surface area contributed by atoms with E-state index in [0.717, 1.165) is 5.56 Å². The molecule has 0 unspecified atom stereocenters. The van der Waals surface area contributed by atoms with Crippen LogP contribution in [0.25, 0.3) is 28.0 Å². The second-order valence-electron chi connectivity index (χ2n) is 6.36. The molecule has 154 valence electrons. The highest BCUT2D eigenvalue weighted by molar-refractivity contribution is 6.33. The Morgan fingerprint density at radius 3 is 2.37 bits per heavy atom. The summed E-state index contributed by atoms with van der Waals surface area (Å²) in [7, 11) is 0. The van der Waals surface area contributed by atoms with Crippen molar-refractivity contribution in [2.75, 3.05) is 6.61 Å². The Balaban J connectivity index is 1.83. The van der Waals surface area contributed by atoms with Crippen molar-refractivity contribution in [2.45, 2.75) is 12.6 Å². The molecule has 4 rings (SSSR count). The van der Waals surface area contributed by atoms with Gasteiger partial charge in [0.15, 0.2) is 5.65 Å². The molecule has 0 atom stereocenters. The molecule has 10 heteroatoms. The summed E-state index contributed by atoms with van der Waals surface area (Å²) in [5.74, 6) is 0. The van der Waals surface area contributed by atoms with Crippen LogP contribution < -0.4 is 4.74 Å². The van der Waals surface area contributed by atoms with Gasteiger partial charge in [0, 0.05) is 16.1 Å². The minimum Gasteiger partial charge on any atom is -0.462 e. The van der Waals surface area contributed by atoms with Crippen LogP contribution in [0.4, 0.5) is 13.2 Å². The molecule has 2 aromatic heterocycles. The zero-order valence-corrected chi connectivity index (χ0v) is 16.7. The second kappa shape index (κ2) is 8.12. The topological polar surface area (TPSA) is 52.3 Å². The van der Waals surface area contributed by atoms with Gasteiger partial charge in [0.1, 0.15) is 12.3 Å². The highest BCUT2D eigenvalue weighted by atomic mass is 35.5. The first kappa shape index (κ1) is 20.4. The maximum absolute atomic E-state index is 12.4. The first-order valence-electron chi connectivity index (χ1n) is 8.79. The minimum absolute atomic E-state index is 0.134. The third-order valence-electron chi connectivity index (χ3n) is 4.27. The van der Waals surface area contributed by atoms with Crippen LogP contribution in [0.1, 0.15) is 6.42 Å². The highest BCUT2D eigenvalue weighted by Gasteiger charge is 2.27. The van der Waals surface area contributed by atoms with E-state index in [4.69, 9.17) is 27.9 Å². The normalized spacial score (nSPS) is 11.8. The van der Waals surface area contributed by atoms with Gasteiger partial charge in [-0.25, -0.2) is 0 Å². The van der Waals surface area contributed by atoms with Crippen LogP contribution in [0, 0.1) is 0 Å². The summed E-state index contributed by atoms with van der Waals surface area (Å²) >= 11 is 12.4. The first-order chi connectivity index (χ1) is 14.3. The van der Waals surface area contributed by atoms with Gasteiger partial charge in [-0.1, -0.05) is 58.6 Å². The first-order valence-corrected chi connectivity index (χ1v) is 9.54. The van der Waals surface area contributed by atoms with Crippen molar-refractivity contribution < 1.29 is 17.9 Å². The average Bonchev–Trinajstić information content (AvgIpc) is 3.09. The third-order valence-corrected chi connectivity index (χ3v) is 4.85. The van der Waals surface area contributed by atoms with E-state index >= 15 is 0 Å². The van der Waals surface area contributed by atoms with Gasteiger partial charge in [-0.3, -0.25) is 0 Å². The fraction of sp³-hybridized carbons (Fsp3) is 0.150. The fourth-order valence-electron chi connectivity index (χ4n) is 2.86. The molecule has 30 heavy (non-hydrogen) atoms. The van der Waals surface area contributed by atoms with Gasteiger partial charge < -0.3 is 4.74 Å². The van der Waals surface area contributed by atoms with Gasteiger partial charge in [-0.05, 0) is 29.8 Å². The predicted molar refractivity (Wildman–Crippen MR) is 108 cm³/mol. The Morgan fingerprint density at radius 1 is 0.933 bits per heavy atom. The van der Waals surface area contributed by atoms with Crippen molar-refractivity contribution in [3.63, 3.8) is 0 Å². The summed E-state index contributed by atoms with van der Waals surface area (Å²) in [5.41, 5.74) is 2.97. The Kier molecular flexibility index (Phi) is 5.53. The maximum Gasteiger partial charge on any atom is 0.392 e. The van der Waals surface area contributed by atoms with Crippen LogP contribution in [0.5, 0.6) is 6.01 Å². The van der Waals surface area contributed by atoms with E-state index in [0.29, 0.717) is 32.5 Å². The lowest BCUT2D eigenvalue weighted by molar-refractivity contribution is -0.139. The van der Waals surface area contributed by atoms with Gasteiger partial charge in [-0.2, -0.15) is 22.8 Å². The number of benzene rings is 2. The molecule has 0 bridgehead atoms. The van der Waals surface area contributed by atoms with Gasteiger partial charge in [0.05, 0.1) is 11.4 Å². The monoisotopic (exact) mass is 452 g/mol. The van der Waals surface area contributed by atoms with Crippen LogP contribution in [-0.2, 0) is 0 Å². The number of fused-ring (bicyclic) bond motifs is 1. The summed E-state index contributed by atoms with van der Waals surface area (Å²) in [5, 5.41) is 13.4. The zero-order valence-electron chi connectivity index (χ0n) is 15.2. The van der Waals surface area contributed by atoms with Crippen molar-refractivity contribution >= 4 is 28.8 Å². The van der Waals surface area contributed by atoms with Gasteiger partial charge in [0.2, 0.25) is 0 Å². The van der Waals surface area contributed by atoms with Crippen molar-refractivity contribution in [1.82, 2.24) is 19.8 Å². The molecule has 0 fully saturated rings. The molecule has 0 radical (unpaired) electrons. The summed E-state index contributed by atoms with van der Waals surface area (Å²) in [4.78, 5) is 0. The second-order valence-corrected chi connectivity index (χ2v) is 7.20. The Morgan fingerprint density at radius 2 is 1.67 bits per heavy atom. The quantitative estimate of drug-likeness (QED) is 0.367. The van der Waals surface area contributed by atoms with E-state index in [1.54, 1.807) is 36.4 Å². The Hall–Kier alpha value is -2.84. The highest BCUT2D eigenvalue weighted by Crippen LogP contribution is 2.35. The molecule has 0 aliphatic carbocycles. The van der Waals surface area contributed by atoms with Crippen molar-refractivity contribution in [3.8, 4) is 28.4 Å². The lowest BCUT2D eigenvalue weighted by Gasteiger charge is -2.12. The molecule has 2 aromatic carbocycles. The minimum atomic E-state index is -4.33. The van der Waals surface area contributed by atoms with Crippen LogP contribution >= 0.6 is 23.2 Å². The number of halogens is 5. The van der Waals surface area contributed by atoms with E-state index in [-0.39, 0.29) is 6.01 Å². The van der Waals surface area contributed by atoms with E-state index in [1.807, 2.05) is 18.2 Å². The molecule has 0 spiro atoms. The van der Waals surface area contributed by atoms with Gasteiger partial charge >= 0.3 is 12.2 Å². The number of rotatable bonds is 5. The molecular weight excluding hydrogens is 440 g/mol. The number of ether oxygens (including phenoxy) is 1.